The van der Waals surface area contributed by atoms with Crippen molar-refractivity contribution in [2.45, 2.75) is 38.6 Å². The number of halogens is 1. The number of benzene rings is 2. The molecular formula is C33H28FN3O4S2. The fraction of sp³-hybridized carbons (Fsp3) is 0.242. The number of thiophene rings is 1. The maximum atomic E-state index is 13.5. The lowest BCUT2D eigenvalue weighted by atomic mass is 9.73. The van der Waals surface area contributed by atoms with Gasteiger partial charge in [-0.15, -0.1) is 11.3 Å². The number of ketones is 1. The standard InChI is InChI=1S/C33H28FN3O4S2/c1-4-41-32(40)28-23(19-10-12-21(34)13-11-19)17-42-31(28)37-26(39)18-43-30-22(16-35)27(20-8-6-5-7-9-20)29-24(36-30)14-33(2,3)15-25(29)38/h5-13,17H,4,14-15,18H2,1-3H3,(H,37,39). The molecule has 4 aromatic rings. The quantitative estimate of drug-likeness (QED) is 0.161. The lowest BCUT2D eigenvalue weighted by Gasteiger charge is -2.31. The van der Waals surface area contributed by atoms with E-state index >= 15 is 0 Å². The van der Waals surface area contributed by atoms with Crippen molar-refractivity contribution in [1.29, 1.82) is 5.26 Å². The molecule has 2 aromatic carbocycles. The van der Waals surface area contributed by atoms with E-state index in [4.69, 9.17) is 9.72 Å². The Hall–Kier alpha value is -4.33. The molecule has 10 heteroatoms. The number of ether oxygens (including phenoxy) is 1. The van der Waals surface area contributed by atoms with Gasteiger partial charge in [-0.1, -0.05) is 68.1 Å². The Labute approximate surface area is 257 Å². The molecule has 2 heterocycles. The van der Waals surface area contributed by atoms with Crippen molar-refractivity contribution in [2.24, 2.45) is 5.41 Å². The smallest absolute Gasteiger partial charge is 0.341 e. The highest BCUT2D eigenvalue weighted by Gasteiger charge is 2.36. The lowest BCUT2D eigenvalue weighted by molar-refractivity contribution is -0.113. The van der Waals surface area contributed by atoms with Crippen LogP contribution in [0.3, 0.4) is 0 Å². The zero-order valence-electron chi connectivity index (χ0n) is 23.8. The topological polar surface area (TPSA) is 109 Å². The summed E-state index contributed by atoms with van der Waals surface area (Å²) in [5.41, 5.74) is 3.66. The molecule has 0 aliphatic heterocycles. The third-order valence-electron chi connectivity index (χ3n) is 7.00. The number of amides is 1. The summed E-state index contributed by atoms with van der Waals surface area (Å²) >= 11 is 2.27. The Morgan fingerprint density at radius 2 is 1.81 bits per heavy atom. The van der Waals surface area contributed by atoms with Crippen LogP contribution in [0.15, 0.2) is 65.0 Å². The van der Waals surface area contributed by atoms with Crippen LogP contribution in [0.4, 0.5) is 9.39 Å². The Bertz CT molecular complexity index is 1760. The summed E-state index contributed by atoms with van der Waals surface area (Å²) in [6, 6.07) is 17.2. The molecule has 1 aliphatic rings. The molecule has 0 saturated heterocycles. The van der Waals surface area contributed by atoms with Gasteiger partial charge < -0.3 is 10.1 Å². The molecule has 0 fully saturated rings. The molecule has 0 atom stereocenters. The number of carbonyl (C=O) groups excluding carboxylic acids is 3. The second kappa shape index (κ2) is 12.5. The molecule has 0 unspecified atom stereocenters. The third-order valence-corrected chi connectivity index (χ3v) is 8.87. The molecular weight excluding hydrogens is 586 g/mol. The molecule has 0 radical (unpaired) electrons. The van der Waals surface area contributed by atoms with Gasteiger partial charge in [-0.3, -0.25) is 9.59 Å². The largest absolute Gasteiger partial charge is 0.462 e. The summed E-state index contributed by atoms with van der Waals surface area (Å²) in [6.07, 6.45) is 0.911. The number of hydrogen-bond acceptors (Lipinski definition) is 8. The summed E-state index contributed by atoms with van der Waals surface area (Å²) < 4.78 is 18.8. The number of anilines is 1. The van der Waals surface area contributed by atoms with Gasteiger partial charge in [0.1, 0.15) is 27.5 Å². The number of carbonyl (C=O) groups is 3. The average molecular weight is 614 g/mol. The number of esters is 1. The van der Waals surface area contributed by atoms with Gasteiger partial charge in [-0.05, 0) is 42.0 Å². The van der Waals surface area contributed by atoms with E-state index in [0.717, 1.165) is 28.7 Å². The number of fused-ring (bicyclic) bond motifs is 1. The number of thioether (sulfide) groups is 1. The monoisotopic (exact) mass is 613 g/mol. The van der Waals surface area contributed by atoms with E-state index in [1.807, 2.05) is 44.2 Å². The number of nitrogens with zero attached hydrogens (tertiary/aromatic N) is 2. The molecule has 1 aliphatic carbocycles. The molecule has 0 spiro atoms. The van der Waals surface area contributed by atoms with Crippen molar-refractivity contribution in [3.8, 4) is 28.3 Å². The predicted molar refractivity (Wildman–Crippen MR) is 166 cm³/mol. The fourth-order valence-corrected chi connectivity index (χ4v) is 6.95. The van der Waals surface area contributed by atoms with Crippen molar-refractivity contribution in [3.05, 3.63) is 88.2 Å². The van der Waals surface area contributed by atoms with Crippen LogP contribution < -0.4 is 5.32 Å². The van der Waals surface area contributed by atoms with Crippen LogP contribution in [-0.4, -0.2) is 35.0 Å². The average Bonchev–Trinajstić information content (AvgIpc) is 3.39. The highest BCUT2D eigenvalue weighted by atomic mass is 32.2. The van der Waals surface area contributed by atoms with Crippen molar-refractivity contribution in [1.82, 2.24) is 4.98 Å². The normalized spacial score (nSPS) is 13.6. The minimum Gasteiger partial charge on any atom is -0.462 e. The first-order valence-electron chi connectivity index (χ1n) is 13.6. The molecule has 5 rings (SSSR count). The number of aromatic nitrogens is 1. The second-order valence-corrected chi connectivity index (χ2v) is 12.7. The van der Waals surface area contributed by atoms with Gasteiger partial charge in [0, 0.05) is 28.5 Å². The van der Waals surface area contributed by atoms with Crippen LogP contribution >= 0.6 is 23.1 Å². The Morgan fingerprint density at radius 3 is 2.49 bits per heavy atom. The molecule has 1 amide bonds. The van der Waals surface area contributed by atoms with Crippen LogP contribution in [-0.2, 0) is 16.0 Å². The zero-order chi connectivity index (χ0) is 30.7. The van der Waals surface area contributed by atoms with Crippen LogP contribution in [0.25, 0.3) is 22.3 Å². The number of hydrogen-bond donors (Lipinski definition) is 1. The molecule has 0 bridgehead atoms. The summed E-state index contributed by atoms with van der Waals surface area (Å²) in [5.74, 6) is -1.57. The molecule has 2 aromatic heterocycles. The first kappa shape index (κ1) is 30.1. The predicted octanol–water partition coefficient (Wildman–Crippen LogP) is 7.55. The lowest BCUT2D eigenvalue weighted by Crippen LogP contribution is -2.29. The number of nitrogens with one attached hydrogen (secondary N) is 1. The Balaban J connectivity index is 1.46. The van der Waals surface area contributed by atoms with E-state index in [0.29, 0.717) is 50.8 Å². The zero-order valence-corrected chi connectivity index (χ0v) is 25.5. The van der Waals surface area contributed by atoms with Crippen LogP contribution in [0.1, 0.15) is 59.2 Å². The van der Waals surface area contributed by atoms with E-state index in [-0.39, 0.29) is 34.7 Å². The van der Waals surface area contributed by atoms with Crippen molar-refractivity contribution in [3.63, 3.8) is 0 Å². The van der Waals surface area contributed by atoms with Crippen molar-refractivity contribution < 1.29 is 23.5 Å². The van der Waals surface area contributed by atoms with Crippen molar-refractivity contribution in [2.75, 3.05) is 17.7 Å². The summed E-state index contributed by atoms with van der Waals surface area (Å²) in [6.45, 7) is 5.86. The number of nitriles is 1. The first-order valence-corrected chi connectivity index (χ1v) is 15.5. The van der Waals surface area contributed by atoms with Gasteiger partial charge in [0.2, 0.25) is 5.91 Å². The van der Waals surface area contributed by atoms with E-state index in [9.17, 15) is 24.0 Å². The minimum atomic E-state index is -0.603. The van der Waals surface area contributed by atoms with E-state index in [1.165, 1.54) is 12.1 Å². The highest BCUT2D eigenvalue weighted by molar-refractivity contribution is 8.00. The molecule has 218 valence electrons. The minimum absolute atomic E-state index is 0.0513. The maximum Gasteiger partial charge on any atom is 0.341 e. The molecule has 43 heavy (non-hydrogen) atoms. The second-order valence-electron chi connectivity index (χ2n) is 10.8. The fourth-order valence-electron chi connectivity index (χ4n) is 5.17. The van der Waals surface area contributed by atoms with E-state index in [1.54, 1.807) is 24.4 Å². The molecule has 7 nitrogen and oxygen atoms in total. The van der Waals surface area contributed by atoms with E-state index < -0.39 is 17.7 Å². The summed E-state index contributed by atoms with van der Waals surface area (Å²) in [5, 5.41) is 15.4. The number of rotatable bonds is 8. The number of Topliss-reactive ketones (excluding diaryl/α,β-unsaturated/α-hetero) is 1. The van der Waals surface area contributed by atoms with Crippen LogP contribution in [0.2, 0.25) is 0 Å². The van der Waals surface area contributed by atoms with Gasteiger partial charge in [-0.25, -0.2) is 14.2 Å². The first-order chi connectivity index (χ1) is 20.6. The van der Waals surface area contributed by atoms with Gasteiger partial charge >= 0.3 is 5.97 Å². The van der Waals surface area contributed by atoms with Gasteiger partial charge in [0.25, 0.3) is 0 Å². The highest BCUT2D eigenvalue weighted by Crippen LogP contribution is 2.42. The SMILES string of the molecule is CCOC(=O)c1c(-c2ccc(F)cc2)csc1NC(=O)CSc1nc2c(c(-c3ccccc3)c1C#N)C(=O)CC(C)(C)C2. The Kier molecular flexibility index (Phi) is 8.76. The van der Waals surface area contributed by atoms with Gasteiger partial charge in [0.15, 0.2) is 5.78 Å². The summed E-state index contributed by atoms with van der Waals surface area (Å²) in [4.78, 5) is 44.2. The number of pyridine rings is 1. The summed E-state index contributed by atoms with van der Waals surface area (Å²) in [7, 11) is 0. The molecule has 1 N–H and O–H groups in total. The van der Waals surface area contributed by atoms with E-state index in [2.05, 4.69) is 11.4 Å². The van der Waals surface area contributed by atoms with Gasteiger partial charge in [0.05, 0.1) is 23.6 Å². The van der Waals surface area contributed by atoms with Gasteiger partial charge in [-0.2, -0.15) is 5.26 Å². The van der Waals surface area contributed by atoms with Crippen molar-refractivity contribution >= 4 is 45.8 Å². The Morgan fingerprint density at radius 1 is 1.09 bits per heavy atom. The van der Waals surface area contributed by atoms with Crippen LogP contribution in [0.5, 0.6) is 0 Å². The molecule has 0 saturated carbocycles. The van der Waals surface area contributed by atoms with Crippen LogP contribution in [0, 0.1) is 22.6 Å². The maximum absolute atomic E-state index is 13.5. The third kappa shape index (κ3) is 6.38.